The molecule has 4 N–H and O–H groups in total. The van der Waals surface area contributed by atoms with Crippen LogP contribution in [0.2, 0.25) is 0 Å². The van der Waals surface area contributed by atoms with Crippen LogP contribution >= 0.6 is 0 Å². The van der Waals surface area contributed by atoms with Crippen LogP contribution in [0.4, 0.5) is 0 Å². The van der Waals surface area contributed by atoms with Crippen molar-refractivity contribution in [2.45, 2.75) is 38.3 Å². The van der Waals surface area contributed by atoms with Gasteiger partial charge >= 0.3 is 5.97 Å². The molecule has 0 bridgehead atoms. The zero-order valence-corrected chi connectivity index (χ0v) is 11.0. The van der Waals surface area contributed by atoms with Gasteiger partial charge in [-0.2, -0.15) is 0 Å². The number of hydrogen-bond acceptors (Lipinski definition) is 3. The molecular formula is C14H20N2O3. The molecule has 0 aliphatic carbocycles. The van der Waals surface area contributed by atoms with Gasteiger partial charge in [-0.1, -0.05) is 43.7 Å². The molecule has 0 saturated carbocycles. The van der Waals surface area contributed by atoms with Gasteiger partial charge in [0.1, 0.15) is 0 Å². The van der Waals surface area contributed by atoms with Crippen LogP contribution in [-0.4, -0.2) is 23.0 Å². The van der Waals surface area contributed by atoms with Crippen LogP contribution in [0.15, 0.2) is 30.3 Å². The molecule has 104 valence electrons. The minimum absolute atomic E-state index is 0.158. The van der Waals surface area contributed by atoms with Gasteiger partial charge in [0.2, 0.25) is 5.91 Å². The number of hydrogen-bond donors (Lipinski definition) is 3. The third-order valence-electron chi connectivity index (χ3n) is 2.83. The monoisotopic (exact) mass is 264 g/mol. The Labute approximate surface area is 112 Å². The van der Waals surface area contributed by atoms with Crippen molar-refractivity contribution in [2.24, 2.45) is 5.73 Å². The van der Waals surface area contributed by atoms with Crippen molar-refractivity contribution >= 4 is 11.9 Å². The zero-order chi connectivity index (χ0) is 14.3. The van der Waals surface area contributed by atoms with E-state index in [4.69, 9.17) is 10.8 Å². The largest absolute Gasteiger partial charge is 0.481 e. The highest BCUT2D eigenvalue weighted by molar-refractivity contribution is 5.82. The molecule has 19 heavy (non-hydrogen) atoms. The second-order valence-corrected chi connectivity index (χ2v) is 4.46. The molecule has 0 saturated heterocycles. The number of carbonyl (C=O) groups excluding carboxylic acids is 1. The Hall–Kier alpha value is -1.88. The van der Waals surface area contributed by atoms with Crippen molar-refractivity contribution in [3.05, 3.63) is 35.9 Å². The van der Waals surface area contributed by atoms with Gasteiger partial charge in [-0.15, -0.1) is 0 Å². The van der Waals surface area contributed by atoms with E-state index in [9.17, 15) is 9.59 Å². The normalized spacial score (nSPS) is 13.6. The molecule has 0 aliphatic heterocycles. The van der Waals surface area contributed by atoms with E-state index in [0.29, 0.717) is 6.42 Å². The van der Waals surface area contributed by atoms with Crippen LogP contribution in [0.25, 0.3) is 0 Å². The number of carboxylic acid groups (broad SMARTS) is 1. The first-order valence-corrected chi connectivity index (χ1v) is 6.37. The summed E-state index contributed by atoms with van der Waals surface area (Å²) >= 11 is 0. The van der Waals surface area contributed by atoms with Crippen LogP contribution in [0, 0.1) is 0 Å². The second kappa shape index (κ2) is 7.53. The number of amides is 1. The standard InChI is InChI=1S/C14H20N2O3/c1-2-6-11(15)14(19)16-12(9-13(17)18)10-7-4-3-5-8-10/h3-5,7-8,11-12H,2,6,9,15H2,1H3,(H,16,19)(H,17,18). The number of nitrogens with two attached hydrogens (primary N) is 1. The van der Waals surface area contributed by atoms with Gasteiger partial charge in [-0.05, 0) is 12.0 Å². The van der Waals surface area contributed by atoms with Crippen molar-refractivity contribution in [3.63, 3.8) is 0 Å². The third kappa shape index (κ3) is 5.09. The summed E-state index contributed by atoms with van der Waals surface area (Å²) in [5.41, 5.74) is 6.49. The summed E-state index contributed by atoms with van der Waals surface area (Å²) in [5.74, 6) is -1.27. The highest BCUT2D eigenvalue weighted by atomic mass is 16.4. The summed E-state index contributed by atoms with van der Waals surface area (Å²) in [5, 5.41) is 11.6. The van der Waals surface area contributed by atoms with Crippen molar-refractivity contribution in [2.75, 3.05) is 0 Å². The van der Waals surface area contributed by atoms with Crippen molar-refractivity contribution in [1.82, 2.24) is 5.32 Å². The van der Waals surface area contributed by atoms with E-state index in [0.717, 1.165) is 12.0 Å². The molecule has 1 aromatic rings. The molecule has 0 fully saturated rings. The quantitative estimate of drug-likeness (QED) is 0.695. The number of benzene rings is 1. The highest BCUT2D eigenvalue weighted by Crippen LogP contribution is 2.16. The van der Waals surface area contributed by atoms with Crippen LogP contribution in [0.3, 0.4) is 0 Å². The Bertz CT molecular complexity index is 420. The molecule has 1 amide bonds. The number of nitrogens with one attached hydrogen (secondary N) is 1. The molecule has 5 nitrogen and oxygen atoms in total. The fraction of sp³-hybridized carbons (Fsp3) is 0.429. The minimum atomic E-state index is -0.960. The Morgan fingerprint density at radius 3 is 2.47 bits per heavy atom. The summed E-state index contributed by atoms with van der Waals surface area (Å²) in [6.07, 6.45) is 1.23. The van der Waals surface area contributed by atoms with E-state index in [1.54, 1.807) is 12.1 Å². The number of carboxylic acids is 1. The van der Waals surface area contributed by atoms with E-state index in [1.807, 2.05) is 25.1 Å². The van der Waals surface area contributed by atoms with E-state index >= 15 is 0 Å². The molecule has 0 aromatic heterocycles. The summed E-state index contributed by atoms with van der Waals surface area (Å²) in [6.45, 7) is 1.94. The lowest BCUT2D eigenvalue weighted by Gasteiger charge is -2.20. The lowest BCUT2D eigenvalue weighted by atomic mass is 10.0. The van der Waals surface area contributed by atoms with Crippen molar-refractivity contribution < 1.29 is 14.7 Å². The molecule has 0 radical (unpaired) electrons. The predicted octanol–water partition coefficient (Wildman–Crippen LogP) is 1.45. The maximum atomic E-state index is 11.9. The van der Waals surface area contributed by atoms with Crippen LogP contribution in [0.5, 0.6) is 0 Å². The van der Waals surface area contributed by atoms with Crippen molar-refractivity contribution in [1.29, 1.82) is 0 Å². The number of carbonyl (C=O) groups is 2. The topological polar surface area (TPSA) is 92.4 Å². The molecule has 0 aliphatic rings. The first-order chi connectivity index (χ1) is 9.04. The molecule has 1 rings (SSSR count). The predicted molar refractivity (Wildman–Crippen MR) is 72.5 cm³/mol. The summed E-state index contributed by atoms with van der Waals surface area (Å²) in [7, 11) is 0. The van der Waals surface area contributed by atoms with E-state index in [2.05, 4.69) is 5.32 Å². The molecule has 2 unspecified atom stereocenters. The van der Waals surface area contributed by atoms with Crippen molar-refractivity contribution in [3.8, 4) is 0 Å². The highest BCUT2D eigenvalue weighted by Gasteiger charge is 2.20. The molecule has 2 atom stereocenters. The first-order valence-electron chi connectivity index (χ1n) is 6.37. The lowest BCUT2D eigenvalue weighted by Crippen LogP contribution is -2.42. The summed E-state index contributed by atoms with van der Waals surface area (Å²) < 4.78 is 0. The van der Waals surface area contributed by atoms with Crippen LogP contribution in [-0.2, 0) is 9.59 Å². The van der Waals surface area contributed by atoms with Crippen LogP contribution < -0.4 is 11.1 Å². The van der Waals surface area contributed by atoms with E-state index in [-0.39, 0.29) is 12.3 Å². The maximum Gasteiger partial charge on any atom is 0.305 e. The fourth-order valence-electron chi connectivity index (χ4n) is 1.83. The number of aliphatic carboxylic acids is 1. The average Bonchev–Trinajstić information content (AvgIpc) is 2.38. The molecule has 0 spiro atoms. The first kappa shape index (κ1) is 15.2. The molecule has 1 aromatic carbocycles. The summed E-state index contributed by atoms with van der Waals surface area (Å²) in [4.78, 5) is 22.7. The van der Waals surface area contributed by atoms with E-state index < -0.39 is 18.1 Å². The maximum absolute atomic E-state index is 11.9. The Kier molecular flexibility index (Phi) is 6.02. The molecular weight excluding hydrogens is 244 g/mol. The Balaban J connectivity index is 2.76. The van der Waals surface area contributed by atoms with Gasteiger partial charge in [0.15, 0.2) is 0 Å². The van der Waals surface area contributed by atoms with Gasteiger partial charge in [-0.3, -0.25) is 9.59 Å². The van der Waals surface area contributed by atoms with Gasteiger partial charge in [0, 0.05) is 0 Å². The summed E-state index contributed by atoms with van der Waals surface area (Å²) in [6, 6.07) is 7.90. The molecule has 5 heteroatoms. The minimum Gasteiger partial charge on any atom is -0.481 e. The van der Waals surface area contributed by atoms with Gasteiger partial charge in [0.05, 0.1) is 18.5 Å². The Morgan fingerprint density at radius 2 is 1.95 bits per heavy atom. The smallest absolute Gasteiger partial charge is 0.305 e. The zero-order valence-electron chi connectivity index (χ0n) is 11.0. The van der Waals surface area contributed by atoms with Crippen LogP contribution in [0.1, 0.15) is 37.8 Å². The lowest BCUT2D eigenvalue weighted by molar-refractivity contribution is -0.137. The van der Waals surface area contributed by atoms with E-state index in [1.165, 1.54) is 0 Å². The average molecular weight is 264 g/mol. The second-order valence-electron chi connectivity index (χ2n) is 4.46. The van der Waals surface area contributed by atoms with Gasteiger partial charge < -0.3 is 16.2 Å². The molecule has 0 heterocycles. The number of rotatable bonds is 7. The third-order valence-corrected chi connectivity index (χ3v) is 2.83. The SMILES string of the molecule is CCCC(N)C(=O)NC(CC(=O)O)c1ccccc1. The Morgan fingerprint density at radius 1 is 1.32 bits per heavy atom. The van der Waals surface area contributed by atoms with Gasteiger partial charge in [0.25, 0.3) is 0 Å². The fourth-order valence-corrected chi connectivity index (χ4v) is 1.83. The van der Waals surface area contributed by atoms with Gasteiger partial charge in [-0.25, -0.2) is 0 Å².